The van der Waals surface area contributed by atoms with E-state index in [4.69, 9.17) is 5.11 Å². The minimum atomic E-state index is -0.770. The molecular formula is C14H21NO2. The van der Waals surface area contributed by atoms with Crippen LogP contribution in [0.2, 0.25) is 0 Å². The predicted molar refractivity (Wildman–Crippen MR) is 65.9 cm³/mol. The van der Waals surface area contributed by atoms with Gasteiger partial charge < -0.3 is 5.11 Å². The lowest BCUT2D eigenvalue weighted by Gasteiger charge is -2.40. The molecule has 1 N–H and O–H groups in total. The van der Waals surface area contributed by atoms with Gasteiger partial charge >= 0.3 is 5.97 Å². The normalized spacial score (nSPS) is 34.2. The molecule has 2 unspecified atom stereocenters. The molecule has 17 heavy (non-hydrogen) atoms. The second kappa shape index (κ2) is 4.45. The maximum absolute atomic E-state index is 10.7. The Labute approximate surface area is 102 Å². The lowest BCUT2D eigenvalue weighted by molar-refractivity contribution is -0.131. The largest absolute Gasteiger partial charge is 0.478 e. The summed E-state index contributed by atoms with van der Waals surface area (Å²) in [6, 6.07) is 2.09. The molecule has 3 heteroatoms. The molecule has 2 saturated heterocycles. The Kier molecular flexibility index (Phi) is 2.95. The van der Waals surface area contributed by atoms with Crippen LogP contribution in [-0.2, 0) is 4.79 Å². The van der Waals surface area contributed by atoms with Gasteiger partial charge in [-0.15, -0.1) is 0 Å². The molecule has 1 saturated carbocycles. The zero-order valence-corrected chi connectivity index (χ0v) is 10.3. The van der Waals surface area contributed by atoms with E-state index in [9.17, 15) is 4.79 Å². The van der Waals surface area contributed by atoms with Crippen LogP contribution in [0.3, 0.4) is 0 Å². The van der Waals surface area contributed by atoms with Crippen molar-refractivity contribution in [3.63, 3.8) is 0 Å². The number of carbonyl (C=O) groups is 1. The Morgan fingerprint density at radius 3 is 2.18 bits per heavy atom. The summed E-state index contributed by atoms with van der Waals surface area (Å²) < 4.78 is 0. The van der Waals surface area contributed by atoms with Crippen LogP contribution in [0.1, 0.15) is 51.4 Å². The van der Waals surface area contributed by atoms with Crippen molar-refractivity contribution in [2.45, 2.75) is 69.5 Å². The lowest BCUT2D eigenvalue weighted by Crippen LogP contribution is -2.46. The molecule has 3 rings (SSSR count). The van der Waals surface area contributed by atoms with Gasteiger partial charge in [-0.25, -0.2) is 4.79 Å². The van der Waals surface area contributed by atoms with Gasteiger partial charge in [-0.1, -0.05) is 18.4 Å². The molecule has 2 bridgehead atoms. The van der Waals surface area contributed by atoms with Crippen molar-refractivity contribution in [1.82, 2.24) is 4.90 Å². The number of fused-ring (bicyclic) bond motifs is 2. The Balaban J connectivity index is 1.73. The highest BCUT2D eigenvalue weighted by atomic mass is 16.4. The summed E-state index contributed by atoms with van der Waals surface area (Å²) in [6.07, 6.45) is 11.5. The van der Waals surface area contributed by atoms with Gasteiger partial charge in [0.1, 0.15) is 0 Å². The van der Waals surface area contributed by atoms with Crippen LogP contribution in [0.5, 0.6) is 0 Å². The van der Waals surface area contributed by atoms with E-state index in [1.165, 1.54) is 50.2 Å². The van der Waals surface area contributed by atoms with Crippen molar-refractivity contribution in [3.05, 3.63) is 11.6 Å². The summed E-state index contributed by atoms with van der Waals surface area (Å²) in [6.45, 7) is 0. The SMILES string of the molecule is O=C(O)C=C1CC2CCC(C1)N2C1CCCC1. The summed E-state index contributed by atoms with van der Waals surface area (Å²) in [5, 5.41) is 8.85. The first-order valence-electron chi connectivity index (χ1n) is 6.94. The fourth-order valence-corrected chi connectivity index (χ4v) is 4.18. The first kappa shape index (κ1) is 11.3. The van der Waals surface area contributed by atoms with Crippen molar-refractivity contribution < 1.29 is 9.90 Å². The first-order chi connectivity index (χ1) is 8.24. The molecule has 2 atom stereocenters. The van der Waals surface area contributed by atoms with Gasteiger partial charge in [0.05, 0.1) is 0 Å². The van der Waals surface area contributed by atoms with E-state index in [0.717, 1.165) is 18.9 Å². The number of carboxylic acids is 1. The molecule has 2 aliphatic heterocycles. The quantitative estimate of drug-likeness (QED) is 0.748. The Morgan fingerprint density at radius 2 is 1.65 bits per heavy atom. The fraction of sp³-hybridized carbons (Fsp3) is 0.786. The highest BCUT2D eigenvalue weighted by molar-refractivity contribution is 5.80. The van der Waals surface area contributed by atoms with Crippen LogP contribution in [-0.4, -0.2) is 34.1 Å². The monoisotopic (exact) mass is 235 g/mol. The summed E-state index contributed by atoms with van der Waals surface area (Å²) >= 11 is 0. The third-order valence-corrected chi connectivity index (χ3v) is 4.75. The molecule has 94 valence electrons. The zero-order chi connectivity index (χ0) is 11.8. The number of nitrogens with zero attached hydrogens (tertiary/aromatic N) is 1. The van der Waals surface area contributed by atoms with Crippen molar-refractivity contribution in [3.8, 4) is 0 Å². The van der Waals surface area contributed by atoms with E-state index in [2.05, 4.69) is 4.90 Å². The number of carboxylic acid groups (broad SMARTS) is 1. The standard InChI is InChI=1S/C14H21NO2/c16-14(17)9-10-7-12-5-6-13(8-10)15(12)11-3-1-2-4-11/h9,11-13H,1-8H2,(H,16,17). The number of aliphatic carboxylic acids is 1. The minimum Gasteiger partial charge on any atom is -0.478 e. The Hall–Kier alpha value is -0.830. The molecule has 0 radical (unpaired) electrons. The molecule has 0 aromatic carbocycles. The number of hydrogen-bond acceptors (Lipinski definition) is 2. The summed E-state index contributed by atoms with van der Waals surface area (Å²) in [5.41, 5.74) is 1.17. The molecule has 0 spiro atoms. The van der Waals surface area contributed by atoms with E-state index in [1.807, 2.05) is 0 Å². The van der Waals surface area contributed by atoms with Gasteiger partial charge in [-0.05, 0) is 38.5 Å². The van der Waals surface area contributed by atoms with E-state index >= 15 is 0 Å². The van der Waals surface area contributed by atoms with Crippen LogP contribution in [0.15, 0.2) is 11.6 Å². The third kappa shape index (κ3) is 2.13. The molecule has 0 aromatic heterocycles. The second-order valence-corrected chi connectivity index (χ2v) is 5.82. The maximum Gasteiger partial charge on any atom is 0.328 e. The molecule has 3 nitrogen and oxygen atoms in total. The topological polar surface area (TPSA) is 40.5 Å². The van der Waals surface area contributed by atoms with E-state index < -0.39 is 5.97 Å². The smallest absolute Gasteiger partial charge is 0.328 e. The summed E-state index contributed by atoms with van der Waals surface area (Å²) in [5.74, 6) is -0.770. The van der Waals surface area contributed by atoms with Crippen molar-refractivity contribution in [2.75, 3.05) is 0 Å². The second-order valence-electron chi connectivity index (χ2n) is 5.82. The molecule has 3 aliphatic rings. The fourth-order valence-electron chi connectivity index (χ4n) is 4.18. The van der Waals surface area contributed by atoms with Gasteiger partial charge in [0.15, 0.2) is 0 Å². The molecular weight excluding hydrogens is 214 g/mol. The molecule has 0 aromatic rings. The molecule has 1 aliphatic carbocycles. The van der Waals surface area contributed by atoms with Crippen LogP contribution in [0.4, 0.5) is 0 Å². The maximum atomic E-state index is 10.7. The van der Waals surface area contributed by atoms with Crippen molar-refractivity contribution >= 4 is 5.97 Å². The average molecular weight is 235 g/mol. The highest BCUT2D eigenvalue weighted by Gasteiger charge is 2.42. The molecule has 2 heterocycles. The van der Waals surface area contributed by atoms with E-state index in [-0.39, 0.29) is 0 Å². The van der Waals surface area contributed by atoms with Crippen LogP contribution in [0, 0.1) is 0 Å². The van der Waals surface area contributed by atoms with Gasteiger partial charge in [0, 0.05) is 24.2 Å². The predicted octanol–water partition coefficient (Wildman–Crippen LogP) is 2.57. The first-order valence-corrected chi connectivity index (χ1v) is 6.94. The van der Waals surface area contributed by atoms with E-state index in [0.29, 0.717) is 12.1 Å². The number of piperidine rings is 1. The highest BCUT2D eigenvalue weighted by Crippen LogP contribution is 2.42. The van der Waals surface area contributed by atoms with Gasteiger partial charge in [0.2, 0.25) is 0 Å². The molecule has 3 fully saturated rings. The van der Waals surface area contributed by atoms with Gasteiger partial charge in [-0.2, -0.15) is 0 Å². The minimum absolute atomic E-state index is 0.641. The Morgan fingerprint density at radius 1 is 1.06 bits per heavy atom. The Bertz CT molecular complexity index is 328. The van der Waals surface area contributed by atoms with Gasteiger partial charge in [-0.3, -0.25) is 4.90 Å². The van der Waals surface area contributed by atoms with Crippen LogP contribution in [0.25, 0.3) is 0 Å². The van der Waals surface area contributed by atoms with Crippen molar-refractivity contribution in [2.24, 2.45) is 0 Å². The average Bonchev–Trinajstić information content (AvgIpc) is 2.84. The third-order valence-electron chi connectivity index (χ3n) is 4.75. The van der Waals surface area contributed by atoms with Gasteiger partial charge in [0.25, 0.3) is 0 Å². The van der Waals surface area contributed by atoms with Crippen LogP contribution < -0.4 is 0 Å². The zero-order valence-electron chi connectivity index (χ0n) is 10.3. The summed E-state index contributed by atoms with van der Waals surface area (Å²) in [7, 11) is 0. The number of rotatable bonds is 2. The number of hydrogen-bond donors (Lipinski definition) is 1. The summed E-state index contributed by atoms with van der Waals surface area (Å²) in [4.78, 5) is 13.5. The lowest BCUT2D eigenvalue weighted by atomic mass is 9.94. The molecule has 0 amide bonds. The van der Waals surface area contributed by atoms with E-state index in [1.54, 1.807) is 0 Å². The van der Waals surface area contributed by atoms with Crippen LogP contribution >= 0.6 is 0 Å². The van der Waals surface area contributed by atoms with Crippen molar-refractivity contribution in [1.29, 1.82) is 0 Å².